The molecule has 3 aromatic rings. The average Bonchev–Trinajstić information content (AvgIpc) is 2.77. The topological polar surface area (TPSA) is 67.4 Å². The quantitative estimate of drug-likeness (QED) is 0.519. The lowest BCUT2D eigenvalue weighted by molar-refractivity contribution is -0.122. The molecule has 0 heterocycles. The number of ether oxygens (including phenoxy) is 1. The van der Waals surface area contributed by atoms with Crippen molar-refractivity contribution in [2.75, 3.05) is 5.32 Å². The Hall–Kier alpha value is -3.60. The number of aryl methyl sites for hydroxylation is 2. The third kappa shape index (κ3) is 5.55. The summed E-state index contributed by atoms with van der Waals surface area (Å²) in [5.74, 6) is 0.115. The largest absolute Gasteiger partial charge is 0.481 e. The molecule has 0 bridgehead atoms. The van der Waals surface area contributed by atoms with E-state index in [1.807, 2.05) is 64.1 Å². The first-order valence-corrected chi connectivity index (χ1v) is 10.8. The van der Waals surface area contributed by atoms with Crippen LogP contribution >= 0.6 is 0 Å². The Kier molecular flexibility index (Phi) is 7.31. The van der Waals surface area contributed by atoms with Crippen LogP contribution < -0.4 is 15.4 Å². The van der Waals surface area contributed by atoms with Gasteiger partial charge in [-0.2, -0.15) is 0 Å². The normalized spacial score (nSPS) is 12.5. The summed E-state index contributed by atoms with van der Waals surface area (Å²) in [5.41, 5.74) is 5.05. The van der Waals surface area contributed by atoms with Gasteiger partial charge in [0.2, 0.25) is 0 Å². The molecule has 0 spiro atoms. The molecule has 2 N–H and O–H groups in total. The van der Waals surface area contributed by atoms with Gasteiger partial charge in [-0.3, -0.25) is 9.59 Å². The summed E-state index contributed by atoms with van der Waals surface area (Å²) in [4.78, 5) is 25.8. The Bertz CT molecular complexity index is 1110. The van der Waals surface area contributed by atoms with Crippen molar-refractivity contribution < 1.29 is 14.3 Å². The molecule has 2 amide bonds. The van der Waals surface area contributed by atoms with Gasteiger partial charge in [0.1, 0.15) is 5.75 Å². The Morgan fingerprint density at radius 1 is 0.875 bits per heavy atom. The monoisotopic (exact) mass is 430 g/mol. The first-order chi connectivity index (χ1) is 15.3. The van der Waals surface area contributed by atoms with Crippen LogP contribution in [0.15, 0.2) is 66.7 Å². The van der Waals surface area contributed by atoms with Gasteiger partial charge in [0.25, 0.3) is 11.8 Å². The molecule has 5 nitrogen and oxygen atoms in total. The number of carbonyl (C=O) groups excluding carboxylic acids is 2. The van der Waals surface area contributed by atoms with Crippen LogP contribution in [-0.4, -0.2) is 17.9 Å². The molecule has 0 unspecified atom stereocenters. The van der Waals surface area contributed by atoms with Crippen LogP contribution in [0.4, 0.5) is 5.69 Å². The molecule has 3 rings (SSSR count). The van der Waals surface area contributed by atoms with Crippen molar-refractivity contribution in [3.63, 3.8) is 0 Å². The van der Waals surface area contributed by atoms with Gasteiger partial charge in [0.05, 0.1) is 17.3 Å². The number of anilines is 1. The predicted octanol–water partition coefficient (Wildman–Crippen LogP) is 5.51. The average molecular weight is 431 g/mol. The molecule has 32 heavy (non-hydrogen) atoms. The Morgan fingerprint density at radius 2 is 1.53 bits per heavy atom. The second-order valence-corrected chi connectivity index (χ2v) is 8.11. The minimum atomic E-state index is -0.728. The summed E-state index contributed by atoms with van der Waals surface area (Å²) in [6.45, 7) is 9.62. The van der Waals surface area contributed by atoms with E-state index in [9.17, 15) is 9.59 Å². The van der Waals surface area contributed by atoms with Crippen LogP contribution in [0.1, 0.15) is 52.5 Å². The fourth-order valence-corrected chi connectivity index (χ4v) is 3.49. The minimum absolute atomic E-state index is 0.165. The zero-order valence-corrected chi connectivity index (χ0v) is 19.2. The van der Waals surface area contributed by atoms with Gasteiger partial charge in [0, 0.05) is 0 Å². The highest BCUT2D eigenvalue weighted by molar-refractivity contribution is 6.04. The Balaban J connectivity index is 1.71. The highest BCUT2D eigenvalue weighted by Crippen LogP contribution is 2.25. The van der Waals surface area contributed by atoms with Gasteiger partial charge in [-0.15, -0.1) is 0 Å². The van der Waals surface area contributed by atoms with Gasteiger partial charge in [-0.25, -0.2) is 0 Å². The lowest BCUT2D eigenvalue weighted by Crippen LogP contribution is -2.32. The number of hydrogen-bond acceptors (Lipinski definition) is 3. The number of benzene rings is 3. The van der Waals surface area contributed by atoms with Crippen LogP contribution in [0.2, 0.25) is 0 Å². The summed E-state index contributed by atoms with van der Waals surface area (Å²) in [6.07, 6.45) is -0.728. The molecule has 166 valence electrons. The van der Waals surface area contributed by atoms with E-state index < -0.39 is 6.10 Å². The molecular formula is C27H30N2O3. The summed E-state index contributed by atoms with van der Waals surface area (Å²) in [7, 11) is 0. The lowest BCUT2D eigenvalue weighted by Gasteiger charge is -2.19. The zero-order chi connectivity index (χ0) is 23.3. The minimum Gasteiger partial charge on any atom is -0.481 e. The van der Waals surface area contributed by atoms with E-state index >= 15 is 0 Å². The highest BCUT2D eigenvalue weighted by atomic mass is 16.5. The number of rotatable bonds is 7. The molecule has 3 aromatic carbocycles. The second kappa shape index (κ2) is 10.1. The molecule has 0 saturated heterocycles. The molecule has 0 radical (unpaired) electrons. The van der Waals surface area contributed by atoms with E-state index in [4.69, 9.17) is 4.74 Å². The van der Waals surface area contributed by atoms with Crippen LogP contribution in [0.3, 0.4) is 0 Å². The number of amides is 2. The number of hydrogen-bond donors (Lipinski definition) is 2. The fourth-order valence-electron chi connectivity index (χ4n) is 3.49. The van der Waals surface area contributed by atoms with Crippen molar-refractivity contribution in [2.45, 2.75) is 46.8 Å². The molecule has 0 aliphatic carbocycles. The van der Waals surface area contributed by atoms with Gasteiger partial charge in [-0.1, -0.05) is 48.5 Å². The van der Waals surface area contributed by atoms with Crippen molar-refractivity contribution in [1.29, 1.82) is 0 Å². The maximum atomic E-state index is 12.9. The van der Waals surface area contributed by atoms with Crippen LogP contribution in [0.5, 0.6) is 5.75 Å². The third-order valence-electron chi connectivity index (χ3n) is 5.51. The van der Waals surface area contributed by atoms with Crippen LogP contribution in [0, 0.1) is 20.8 Å². The van der Waals surface area contributed by atoms with Crippen molar-refractivity contribution in [3.8, 4) is 5.75 Å². The molecule has 5 heteroatoms. The van der Waals surface area contributed by atoms with Crippen LogP contribution in [0.25, 0.3) is 0 Å². The summed E-state index contributed by atoms with van der Waals surface area (Å²) < 4.78 is 5.95. The van der Waals surface area contributed by atoms with E-state index in [-0.39, 0.29) is 17.9 Å². The van der Waals surface area contributed by atoms with Gasteiger partial charge < -0.3 is 15.4 Å². The smallest absolute Gasteiger partial charge is 0.265 e. The standard InChI is InChI=1S/C27H30N2O3/c1-17-15-18(2)19(3)25(16-17)32-21(5)26(30)29-24-14-10-9-13-23(24)27(31)28-20(4)22-11-7-6-8-12-22/h6-16,20-21H,1-5H3,(H,28,31)(H,29,30)/t20-,21-/m1/s1. The van der Waals surface area contributed by atoms with Crippen LogP contribution in [-0.2, 0) is 4.79 Å². The highest BCUT2D eigenvalue weighted by Gasteiger charge is 2.20. The summed E-state index contributed by atoms with van der Waals surface area (Å²) in [6, 6.07) is 20.6. The third-order valence-corrected chi connectivity index (χ3v) is 5.51. The molecule has 2 atom stereocenters. The van der Waals surface area contributed by atoms with Gasteiger partial charge in [0.15, 0.2) is 6.10 Å². The predicted molar refractivity (Wildman–Crippen MR) is 128 cm³/mol. The zero-order valence-electron chi connectivity index (χ0n) is 19.2. The SMILES string of the molecule is Cc1cc(C)c(C)c(O[C@H](C)C(=O)Nc2ccccc2C(=O)N[C@H](C)c2ccccc2)c1. The molecular weight excluding hydrogens is 400 g/mol. The van der Waals surface area contributed by atoms with Gasteiger partial charge >= 0.3 is 0 Å². The number of para-hydroxylation sites is 1. The van der Waals surface area contributed by atoms with Crippen molar-refractivity contribution in [1.82, 2.24) is 5.32 Å². The fraction of sp³-hybridized carbons (Fsp3) is 0.259. The lowest BCUT2D eigenvalue weighted by atomic mass is 10.1. The molecule has 0 saturated carbocycles. The first-order valence-electron chi connectivity index (χ1n) is 10.8. The molecule has 0 fully saturated rings. The number of carbonyl (C=O) groups is 2. The van der Waals surface area contributed by atoms with Crippen molar-refractivity contribution >= 4 is 17.5 Å². The Morgan fingerprint density at radius 3 is 2.25 bits per heavy atom. The number of nitrogens with one attached hydrogen (secondary N) is 2. The Labute approximate surface area is 189 Å². The second-order valence-electron chi connectivity index (χ2n) is 8.11. The maximum absolute atomic E-state index is 12.9. The van der Waals surface area contributed by atoms with E-state index in [2.05, 4.69) is 16.7 Å². The van der Waals surface area contributed by atoms with Crippen molar-refractivity contribution in [2.24, 2.45) is 0 Å². The van der Waals surface area contributed by atoms with E-state index in [1.165, 1.54) is 0 Å². The molecule has 0 aliphatic rings. The van der Waals surface area contributed by atoms with E-state index in [0.29, 0.717) is 17.0 Å². The van der Waals surface area contributed by atoms with E-state index in [0.717, 1.165) is 22.3 Å². The van der Waals surface area contributed by atoms with Crippen molar-refractivity contribution in [3.05, 3.63) is 94.5 Å². The molecule has 0 aromatic heterocycles. The summed E-state index contributed by atoms with van der Waals surface area (Å²) >= 11 is 0. The van der Waals surface area contributed by atoms with Gasteiger partial charge in [-0.05, 0) is 75.1 Å². The van der Waals surface area contributed by atoms with E-state index in [1.54, 1.807) is 31.2 Å². The first kappa shape index (κ1) is 23.1. The summed E-state index contributed by atoms with van der Waals surface area (Å²) in [5, 5.41) is 5.84. The maximum Gasteiger partial charge on any atom is 0.265 e. The molecule has 0 aliphatic heterocycles.